The third-order valence-electron chi connectivity index (χ3n) is 4.80. The topological polar surface area (TPSA) is 26.3 Å². The number of hydrogen-bond donors (Lipinski definition) is 0. The molecule has 0 saturated heterocycles. The molecule has 2 heteroatoms. The second-order valence-electron chi connectivity index (χ2n) is 5.83. The Morgan fingerprint density at radius 1 is 1.40 bits per heavy atom. The van der Waals surface area contributed by atoms with Gasteiger partial charge in [0, 0.05) is 6.92 Å². The van der Waals surface area contributed by atoms with Gasteiger partial charge in [0.15, 0.2) is 0 Å². The Labute approximate surface area is 92.4 Å². The molecule has 0 unspecified atom stereocenters. The summed E-state index contributed by atoms with van der Waals surface area (Å²) in [5, 5.41) is 0. The van der Waals surface area contributed by atoms with Crippen LogP contribution in [0.4, 0.5) is 0 Å². The number of ether oxygens (including phenoxy) is 1. The van der Waals surface area contributed by atoms with Crippen molar-refractivity contribution in [1.29, 1.82) is 0 Å². The lowest BCUT2D eigenvalue weighted by atomic mass is 9.45. The summed E-state index contributed by atoms with van der Waals surface area (Å²) in [5.41, 5.74) is 0.555. The monoisotopic (exact) mass is 210 g/mol. The van der Waals surface area contributed by atoms with Crippen molar-refractivity contribution in [1.82, 2.24) is 0 Å². The van der Waals surface area contributed by atoms with Crippen LogP contribution in [0, 0.1) is 23.2 Å². The van der Waals surface area contributed by atoms with Crippen LogP contribution >= 0.6 is 0 Å². The van der Waals surface area contributed by atoms with E-state index >= 15 is 0 Å². The fourth-order valence-electron chi connectivity index (χ4n) is 3.66. The maximum atomic E-state index is 10.7. The van der Waals surface area contributed by atoms with Crippen LogP contribution in [0.5, 0.6) is 0 Å². The van der Waals surface area contributed by atoms with Gasteiger partial charge in [0.05, 0.1) is 6.61 Å². The molecule has 86 valence electrons. The molecule has 3 aliphatic carbocycles. The van der Waals surface area contributed by atoms with Crippen LogP contribution in [0.1, 0.15) is 46.5 Å². The van der Waals surface area contributed by atoms with Gasteiger partial charge in [-0.05, 0) is 48.9 Å². The molecule has 2 nitrogen and oxygen atoms in total. The number of rotatable bonds is 3. The molecule has 0 N–H and O–H groups in total. The van der Waals surface area contributed by atoms with Crippen molar-refractivity contribution in [2.45, 2.75) is 46.5 Å². The Hall–Kier alpha value is -0.530. The van der Waals surface area contributed by atoms with E-state index in [9.17, 15) is 4.79 Å². The van der Waals surface area contributed by atoms with Crippen LogP contribution in [0.2, 0.25) is 0 Å². The zero-order valence-corrected chi connectivity index (χ0v) is 10.1. The van der Waals surface area contributed by atoms with Crippen molar-refractivity contribution in [2.75, 3.05) is 6.61 Å². The van der Waals surface area contributed by atoms with Gasteiger partial charge < -0.3 is 4.74 Å². The smallest absolute Gasteiger partial charge is 0.302 e. The van der Waals surface area contributed by atoms with Gasteiger partial charge in [-0.3, -0.25) is 4.79 Å². The molecular weight excluding hydrogens is 188 g/mol. The molecule has 0 aromatic carbocycles. The fraction of sp³-hybridized carbons (Fsp3) is 0.923. The van der Waals surface area contributed by atoms with Gasteiger partial charge >= 0.3 is 5.97 Å². The van der Waals surface area contributed by atoms with Crippen molar-refractivity contribution in [3.8, 4) is 0 Å². The van der Waals surface area contributed by atoms with E-state index < -0.39 is 0 Å². The first kappa shape index (κ1) is 11.0. The molecule has 0 spiro atoms. The summed E-state index contributed by atoms with van der Waals surface area (Å²) >= 11 is 0. The first-order valence-electron chi connectivity index (χ1n) is 6.15. The SMILES string of the molecule is CC(=O)OCC[C@H]1CC[C@H]2C[C@@H]1C2(C)C. The molecule has 2 bridgehead atoms. The predicted octanol–water partition coefficient (Wildman–Crippen LogP) is 3.01. The largest absolute Gasteiger partial charge is 0.466 e. The van der Waals surface area contributed by atoms with E-state index in [4.69, 9.17) is 4.74 Å². The Balaban J connectivity index is 1.81. The van der Waals surface area contributed by atoms with Crippen LogP contribution in [0.15, 0.2) is 0 Å². The summed E-state index contributed by atoms with van der Waals surface area (Å²) in [6.45, 7) is 6.93. The van der Waals surface area contributed by atoms with Gasteiger partial charge in [-0.1, -0.05) is 13.8 Å². The van der Waals surface area contributed by atoms with Crippen molar-refractivity contribution in [3.63, 3.8) is 0 Å². The first-order valence-corrected chi connectivity index (χ1v) is 6.15. The van der Waals surface area contributed by atoms with E-state index in [2.05, 4.69) is 13.8 Å². The van der Waals surface area contributed by atoms with Crippen LogP contribution in [-0.4, -0.2) is 12.6 Å². The summed E-state index contributed by atoms with van der Waals surface area (Å²) in [5.74, 6) is 2.50. The lowest BCUT2D eigenvalue weighted by Gasteiger charge is -2.60. The van der Waals surface area contributed by atoms with Crippen molar-refractivity contribution < 1.29 is 9.53 Å². The zero-order chi connectivity index (χ0) is 11.1. The summed E-state index contributed by atoms with van der Waals surface area (Å²) < 4.78 is 5.04. The summed E-state index contributed by atoms with van der Waals surface area (Å²) in [6, 6.07) is 0. The first-order chi connectivity index (χ1) is 7.01. The molecule has 15 heavy (non-hydrogen) atoms. The molecule has 0 amide bonds. The number of carbonyl (C=O) groups excluding carboxylic acids is 1. The standard InChI is InChI=1S/C13H22O2/c1-9(14)15-7-6-10-4-5-11-8-12(10)13(11,2)3/h10-12H,4-8H2,1-3H3/t10-,11+,12+/m1/s1. The van der Waals surface area contributed by atoms with Crippen LogP contribution in [0.25, 0.3) is 0 Å². The van der Waals surface area contributed by atoms with Gasteiger partial charge in [0.1, 0.15) is 0 Å². The van der Waals surface area contributed by atoms with Crippen molar-refractivity contribution in [2.24, 2.45) is 23.2 Å². The molecule has 3 aliphatic rings. The third-order valence-corrected chi connectivity index (χ3v) is 4.80. The van der Waals surface area contributed by atoms with E-state index in [1.54, 1.807) is 0 Å². The van der Waals surface area contributed by atoms with Crippen LogP contribution in [0.3, 0.4) is 0 Å². The Bertz CT molecular complexity index is 255. The molecule has 3 rings (SSSR count). The number of hydrogen-bond acceptors (Lipinski definition) is 2. The molecule has 3 fully saturated rings. The van der Waals surface area contributed by atoms with Gasteiger partial charge in [0.2, 0.25) is 0 Å². The molecule has 0 aromatic heterocycles. The second kappa shape index (κ2) is 3.80. The van der Waals surface area contributed by atoms with E-state index in [1.807, 2.05) is 0 Å². The van der Waals surface area contributed by atoms with Crippen molar-refractivity contribution in [3.05, 3.63) is 0 Å². The quantitative estimate of drug-likeness (QED) is 0.669. The average molecular weight is 210 g/mol. The lowest BCUT2D eigenvalue weighted by Crippen LogP contribution is -2.52. The van der Waals surface area contributed by atoms with E-state index in [0.717, 1.165) is 24.2 Å². The molecular formula is C13H22O2. The van der Waals surface area contributed by atoms with E-state index in [0.29, 0.717) is 12.0 Å². The minimum atomic E-state index is -0.142. The maximum Gasteiger partial charge on any atom is 0.302 e. The van der Waals surface area contributed by atoms with Crippen LogP contribution < -0.4 is 0 Å². The highest BCUT2D eigenvalue weighted by molar-refractivity contribution is 5.65. The fourth-order valence-corrected chi connectivity index (χ4v) is 3.66. The normalized spacial score (nSPS) is 36.9. The highest BCUT2D eigenvalue weighted by atomic mass is 16.5. The Morgan fingerprint density at radius 2 is 2.13 bits per heavy atom. The molecule has 0 heterocycles. The number of fused-ring (bicyclic) bond motifs is 2. The van der Waals surface area contributed by atoms with Crippen LogP contribution in [-0.2, 0) is 9.53 Å². The minimum Gasteiger partial charge on any atom is -0.466 e. The Morgan fingerprint density at radius 3 is 2.67 bits per heavy atom. The third kappa shape index (κ3) is 1.91. The van der Waals surface area contributed by atoms with Gasteiger partial charge in [0.25, 0.3) is 0 Å². The highest BCUT2D eigenvalue weighted by Gasteiger charge is 2.53. The Kier molecular flexibility index (Phi) is 2.78. The summed E-state index contributed by atoms with van der Waals surface area (Å²) in [7, 11) is 0. The number of carbonyl (C=O) groups is 1. The minimum absolute atomic E-state index is 0.142. The predicted molar refractivity (Wildman–Crippen MR) is 59.4 cm³/mol. The van der Waals surface area contributed by atoms with E-state index in [1.165, 1.54) is 26.2 Å². The summed E-state index contributed by atoms with van der Waals surface area (Å²) in [4.78, 5) is 10.7. The van der Waals surface area contributed by atoms with Gasteiger partial charge in [-0.15, -0.1) is 0 Å². The second-order valence-corrected chi connectivity index (χ2v) is 5.83. The molecule has 0 aliphatic heterocycles. The van der Waals surface area contributed by atoms with Crippen molar-refractivity contribution >= 4 is 5.97 Å². The molecule has 3 saturated carbocycles. The molecule has 0 aromatic rings. The summed E-state index contributed by atoms with van der Waals surface area (Å²) in [6.07, 6.45) is 5.21. The lowest BCUT2D eigenvalue weighted by molar-refractivity contribution is -0.144. The average Bonchev–Trinajstić information content (AvgIpc) is 2.17. The maximum absolute atomic E-state index is 10.7. The molecule has 3 atom stereocenters. The molecule has 0 radical (unpaired) electrons. The van der Waals surface area contributed by atoms with Gasteiger partial charge in [-0.2, -0.15) is 0 Å². The highest BCUT2D eigenvalue weighted by Crippen LogP contribution is 2.61. The number of esters is 1. The van der Waals surface area contributed by atoms with Gasteiger partial charge in [-0.25, -0.2) is 0 Å². The van der Waals surface area contributed by atoms with E-state index in [-0.39, 0.29) is 5.97 Å². The zero-order valence-electron chi connectivity index (χ0n) is 10.1.